The molecule has 1 N–H and O–H groups in total. The van der Waals surface area contributed by atoms with E-state index in [4.69, 9.17) is 4.74 Å². The minimum Gasteiger partial charge on any atom is -0.421 e. The van der Waals surface area contributed by atoms with Gasteiger partial charge in [0.05, 0.1) is 22.7 Å². The first-order valence-corrected chi connectivity index (χ1v) is 12.5. The monoisotopic (exact) mass is 642 g/mol. The molecule has 4 aromatic rings. The van der Waals surface area contributed by atoms with Crippen LogP contribution in [-0.2, 0) is 11.2 Å². The van der Waals surface area contributed by atoms with Gasteiger partial charge in [-0.1, -0.05) is 70.5 Å². The number of carbonyl (C=O) groups excluding carboxylic acids is 2. The Labute approximate surface area is 221 Å². The molecule has 0 aliphatic rings. The number of halogens is 3. The van der Waals surface area contributed by atoms with Crippen LogP contribution in [0.1, 0.15) is 21.5 Å². The van der Waals surface area contributed by atoms with Crippen LogP contribution in [0.5, 0.6) is 5.75 Å². The molecule has 0 unspecified atom stereocenters. The second kappa shape index (κ2) is 11.1. The lowest BCUT2D eigenvalue weighted by atomic mass is 10.0. The maximum Gasteiger partial charge on any atom is 0.344 e. The molecular formula is C26H17Br3N2O3. The van der Waals surface area contributed by atoms with E-state index in [-0.39, 0.29) is 18.1 Å². The van der Waals surface area contributed by atoms with Gasteiger partial charge < -0.3 is 4.74 Å². The minimum atomic E-state index is -0.523. The van der Waals surface area contributed by atoms with Crippen LogP contribution in [0.3, 0.4) is 0 Å². The number of carbonyl (C=O) groups is 2. The van der Waals surface area contributed by atoms with Crippen molar-refractivity contribution in [3.8, 4) is 5.75 Å². The number of hydrazone groups is 1. The Bertz CT molecular complexity index is 1410. The van der Waals surface area contributed by atoms with E-state index in [0.717, 1.165) is 20.8 Å². The molecule has 0 aromatic heterocycles. The van der Waals surface area contributed by atoms with Gasteiger partial charge in [-0.05, 0) is 72.5 Å². The Morgan fingerprint density at radius 2 is 1.62 bits per heavy atom. The Balaban J connectivity index is 1.51. The molecular weight excluding hydrogens is 628 g/mol. The molecule has 8 heteroatoms. The summed E-state index contributed by atoms with van der Waals surface area (Å²) in [6.45, 7) is 0. The summed E-state index contributed by atoms with van der Waals surface area (Å²) in [5.74, 6) is -0.491. The van der Waals surface area contributed by atoms with E-state index >= 15 is 0 Å². The van der Waals surface area contributed by atoms with Crippen molar-refractivity contribution in [1.29, 1.82) is 0 Å². The first-order chi connectivity index (χ1) is 16.4. The molecule has 0 aliphatic heterocycles. The zero-order chi connectivity index (χ0) is 24.1. The number of rotatable bonds is 6. The Morgan fingerprint density at radius 3 is 2.44 bits per heavy atom. The minimum absolute atomic E-state index is 0.185. The molecule has 4 aromatic carbocycles. The summed E-state index contributed by atoms with van der Waals surface area (Å²) in [5.41, 5.74) is 4.37. The summed E-state index contributed by atoms with van der Waals surface area (Å²) in [6, 6.07) is 24.3. The van der Waals surface area contributed by atoms with Gasteiger partial charge in [0.15, 0.2) is 5.75 Å². The van der Waals surface area contributed by atoms with E-state index in [1.165, 1.54) is 6.21 Å². The lowest BCUT2D eigenvalue weighted by molar-refractivity contribution is -0.120. The van der Waals surface area contributed by atoms with E-state index in [1.54, 1.807) is 30.3 Å². The average Bonchev–Trinajstić information content (AvgIpc) is 2.81. The molecule has 0 atom stereocenters. The normalized spacial score (nSPS) is 11.0. The number of ether oxygens (including phenoxy) is 1. The zero-order valence-corrected chi connectivity index (χ0v) is 22.4. The smallest absolute Gasteiger partial charge is 0.344 e. The van der Waals surface area contributed by atoms with E-state index in [9.17, 15) is 9.59 Å². The molecule has 0 aliphatic carbocycles. The number of nitrogens with one attached hydrogen (secondary N) is 1. The highest BCUT2D eigenvalue weighted by atomic mass is 79.9. The molecule has 34 heavy (non-hydrogen) atoms. The van der Waals surface area contributed by atoms with Gasteiger partial charge in [0.25, 0.3) is 0 Å². The standard InChI is InChI=1S/C26H17Br3N2O3/c27-19-12-18(25(23(29)14-19)34-26(33)21-10-3-4-11-22(21)28)15-30-31-24(32)13-17-8-5-7-16-6-1-2-9-20(16)17/h1-12,14-15H,13H2,(H,31,32). The van der Waals surface area contributed by atoms with Gasteiger partial charge in [0.1, 0.15) is 0 Å². The van der Waals surface area contributed by atoms with Crippen molar-refractivity contribution in [3.05, 3.63) is 109 Å². The number of benzene rings is 4. The van der Waals surface area contributed by atoms with Crippen molar-refractivity contribution < 1.29 is 14.3 Å². The summed E-state index contributed by atoms with van der Waals surface area (Å²) in [5, 5.41) is 6.20. The molecule has 4 rings (SSSR count). The van der Waals surface area contributed by atoms with Crippen LogP contribution in [0.15, 0.2) is 97.4 Å². The number of amides is 1. The van der Waals surface area contributed by atoms with Gasteiger partial charge in [-0.2, -0.15) is 5.10 Å². The van der Waals surface area contributed by atoms with Crippen molar-refractivity contribution >= 4 is 76.7 Å². The second-order valence-electron chi connectivity index (χ2n) is 7.28. The topological polar surface area (TPSA) is 67.8 Å². The van der Waals surface area contributed by atoms with Gasteiger partial charge in [-0.25, -0.2) is 10.2 Å². The maximum absolute atomic E-state index is 12.7. The van der Waals surface area contributed by atoms with Crippen LogP contribution in [0.4, 0.5) is 0 Å². The fourth-order valence-corrected chi connectivity index (χ4v) is 5.18. The first-order valence-electron chi connectivity index (χ1n) is 10.2. The fraction of sp³-hybridized carbons (Fsp3) is 0.0385. The predicted octanol–water partition coefficient (Wildman–Crippen LogP) is 7.04. The third-order valence-corrected chi connectivity index (χ3v) is 6.69. The van der Waals surface area contributed by atoms with Crippen molar-refractivity contribution in [3.63, 3.8) is 0 Å². The van der Waals surface area contributed by atoms with E-state index in [0.29, 0.717) is 20.1 Å². The molecule has 0 radical (unpaired) electrons. The fourth-order valence-electron chi connectivity index (χ4n) is 3.39. The quantitative estimate of drug-likeness (QED) is 0.106. The number of nitrogens with zero attached hydrogens (tertiary/aromatic N) is 1. The molecule has 5 nitrogen and oxygen atoms in total. The molecule has 0 spiro atoms. The molecule has 0 heterocycles. The molecule has 0 saturated heterocycles. The average molecular weight is 645 g/mol. The number of fused-ring (bicyclic) bond motifs is 1. The summed E-state index contributed by atoms with van der Waals surface area (Å²) in [7, 11) is 0. The lowest BCUT2D eigenvalue weighted by Gasteiger charge is -2.11. The van der Waals surface area contributed by atoms with Gasteiger partial charge in [0, 0.05) is 14.5 Å². The van der Waals surface area contributed by atoms with E-state index in [1.807, 2.05) is 48.5 Å². The first kappa shape index (κ1) is 24.3. The number of hydrogen-bond donors (Lipinski definition) is 1. The Morgan fingerprint density at radius 1 is 0.882 bits per heavy atom. The molecule has 0 saturated carbocycles. The van der Waals surface area contributed by atoms with Crippen molar-refractivity contribution in [2.45, 2.75) is 6.42 Å². The van der Waals surface area contributed by atoms with Crippen LogP contribution >= 0.6 is 47.8 Å². The summed E-state index contributed by atoms with van der Waals surface area (Å²) in [4.78, 5) is 25.2. The van der Waals surface area contributed by atoms with Crippen LogP contribution < -0.4 is 10.2 Å². The highest BCUT2D eigenvalue weighted by Gasteiger charge is 2.17. The Hall–Kier alpha value is -2.81. The highest BCUT2D eigenvalue weighted by Crippen LogP contribution is 2.33. The maximum atomic E-state index is 12.7. The highest BCUT2D eigenvalue weighted by molar-refractivity contribution is 9.11. The van der Waals surface area contributed by atoms with Gasteiger partial charge in [-0.15, -0.1) is 0 Å². The van der Waals surface area contributed by atoms with Gasteiger partial charge in [0.2, 0.25) is 5.91 Å². The van der Waals surface area contributed by atoms with Gasteiger partial charge in [-0.3, -0.25) is 4.79 Å². The second-order valence-corrected chi connectivity index (χ2v) is 9.91. The summed E-state index contributed by atoms with van der Waals surface area (Å²) in [6.07, 6.45) is 1.63. The van der Waals surface area contributed by atoms with E-state index in [2.05, 4.69) is 58.3 Å². The third kappa shape index (κ3) is 5.81. The largest absolute Gasteiger partial charge is 0.421 e. The van der Waals surface area contributed by atoms with Crippen LogP contribution in [0.25, 0.3) is 10.8 Å². The van der Waals surface area contributed by atoms with Crippen molar-refractivity contribution in [2.75, 3.05) is 0 Å². The van der Waals surface area contributed by atoms with Crippen LogP contribution in [0.2, 0.25) is 0 Å². The Kier molecular flexibility index (Phi) is 7.92. The molecule has 170 valence electrons. The summed E-state index contributed by atoms with van der Waals surface area (Å²) < 4.78 is 7.60. The lowest BCUT2D eigenvalue weighted by Crippen LogP contribution is -2.20. The number of esters is 1. The number of hydrogen-bond acceptors (Lipinski definition) is 4. The predicted molar refractivity (Wildman–Crippen MR) is 144 cm³/mol. The van der Waals surface area contributed by atoms with Crippen molar-refractivity contribution in [2.24, 2.45) is 5.10 Å². The molecule has 1 amide bonds. The molecule has 0 fully saturated rings. The van der Waals surface area contributed by atoms with Crippen LogP contribution in [-0.4, -0.2) is 18.1 Å². The van der Waals surface area contributed by atoms with Gasteiger partial charge >= 0.3 is 5.97 Å². The third-order valence-electron chi connectivity index (χ3n) is 4.95. The van der Waals surface area contributed by atoms with E-state index < -0.39 is 5.97 Å². The zero-order valence-electron chi connectivity index (χ0n) is 17.6. The van der Waals surface area contributed by atoms with Crippen molar-refractivity contribution in [1.82, 2.24) is 5.43 Å². The van der Waals surface area contributed by atoms with Crippen LogP contribution in [0, 0.1) is 0 Å². The SMILES string of the molecule is O=C(Cc1cccc2ccccc12)NN=Cc1cc(Br)cc(Br)c1OC(=O)c1ccccc1Br. The summed E-state index contributed by atoms with van der Waals surface area (Å²) >= 11 is 10.2. The molecule has 0 bridgehead atoms.